The van der Waals surface area contributed by atoms with Gasteiger partial charge in [-0.15, -0.1) is 22.0 Å². The summed E-state index contributed by atoms with van der Waals surface area (Å²) in [6, 6.07) is 26.7. The lowest BCUT2D eigenvalue weighted by Gasteiger charge is -2.10. The van der Waals surface area contributed by atoms with Crippen molar-refractivity contribution < 1.29 is 14.3 Å². The monoisotopic (exact) mass is 518 g/mol. The Labute approximate surface area is 218 Å². The lowest BCUT2D eigenvalue weighted by Crippen LogP contribution is -2.15. The second kappa shape index (κ2) is 12.9. The van der Waals surface area contributed by atoms with Gasteiger partial charge >= 0.3 is 5.97 Å². The van der Waals surface area contributed by atoms with E-state index in [9.17, 15) is 9.59 Å². The van der Waals surface area contributed by atoms with Crippen LogP contribution in [0.5, 0.6) is 0 Å². The molecule has 4 aromatic rings. The molecule has 1 N–H and O–H groups in total. The van der Waals surface area contributed by atoms with Crippen LogP contribution in [0, 0.1) is 0 Å². The normalized spacial score (nSPS) is 10.7. The molecule has 9 heteroatoms. The van der Waals surface area contributed by atoms with Gasteiger partial charge in [-0.05, 0) is 55.0 Å². The first-order valence-electron chi connectivity index (χ1n) is 11.5. The molecule has 0 bridgehead atoms. The lowest BCUT2D eigenvalue weighted by molar-refractivity contribution is -0.113. The summed E-state index contributed by atoms with van der Waals surface area (Å²) in [5.74, 6) is 1.07. The molecule has 0 saturated carbocycles. The number of anilines is 1. The van der Waals surface area contributed by atoms with Crippen LogP contribution >= 0.6 is 23.5 Å². The molecule has 3 aromatic carbocycles. The van der Waals surface area contributed by atoms with E-state index in [1.165, 1.54) is 11.8 Å². The van der Waals surface area contributed by atoms with Crippen LogP contribution in [0.4, 0.5) is 5.69 Å². The lowest BCUT2D eigenvalue weighted by atomic mass is 10.2. The van der Waals surface area contributed by atoms with Crippen molar-refractivity contribution in [1.82, 2.24) is 14.8 Å². The third-order valence-corrected chi connectivity index (χ3v) is 6.94. The summed E-state index contributed by atoms with van der Waals surface area (Å²) < 4.78 is 7.12. The Morgan fingerprint density at radius 3 is 2.28 bits per heavy atom. The molecule has 0 radical (unpaired) electrons. The van der Waals surface area contributed by atoms with Gasteiger partial charge in [0, 0.05) is 16.3 Å². The molecule has 0 aliphatic rings. The van der Waals surface area contributed by atoms with E-state index in [4.69, 9.17) is 4.74 Å². The maximum absolute atomic E-state index is 12.6. The smallest absolute Gasteiger partial charge is 0.338 e. The minimum absolute atomic E-state index is 0.164. The van der Waals surface area contributed by atoms with Crippen molar-refractivity contribution in [1.29, 1.82) is 0 Å². The maximum Gasteiger partial charge on any atom is 0.338 e. The van der Waals surface area contributed by atoms with Crippen LogP contribution in [0.1, 0.15) is 29.5 Å². The van der Waals surface area contributed by atoms with Crippen LogP contribution in [-0.4, -0.2) is 39.0 Å². The Morgan fingerprint density at radius 2 is 1.58 bits per heavy atom. The SMILES string of the molecule is CCCOC(=O)c1ccc(NC(=O)CSc2nnc(CSc3ccccc3)n2-c2ccccc2)cc1. The summed E-state index contributed by atoms with van der Waals surface area (Å²) >= 11 is 3.01. The summed E-state index contributed by atoms with van der Waals surface area (Å²) in [6.07, 6.45) is 0.767. The molecule has 0 aliphatic carbocycles. The first kappa shape index (κ1) is 25.5. The van der Waals surface area contributed by atoms with E-state index in [0.717, 1.165) is 22.8 Å². The van der Waals surface area contributed by atoms with Crippen LogP contribution in [0.15, 0.2) is 95.0 Å². The third-order valence-electron chi connectivity index (χ3n) is 5.00. The van der Waals surface area contributed by atoms with Crippen LogP contribution in [0.3, 0.4) is 0 Å². The Bertz CT molecular complexity index is 1280. The van der Waals surface area contributed by atoms with E-state index in [0.29, 0.717) is 28.8 Å². The van der Waals surface area contributed by atoms with Crippen molar-refractivity contribution in [2.24, 2.45) is 0 Å². The van der Waals surface area contributed by atoms with Gasteiger partial charge in [-0.1, -0.05) is 55.1 Å². The Hall–Kier alpha value is -3.56. The number of aromatic nitrogens is 3. The molecule has 0 unspecified atom stereocenters. The molecule has 184 valence electrons. The Balaban J connectivity index is 1.40. The molecule has 7 nitrogen and oxygen atoms in total. The molecule has 0 aliphatic heterocycles. The molecule has 0 fully saturated rings. The van der Waals surface area contributed by atoms with Gasteiger partial charge in [0.25, 0.3) is 0 Å². The zero-order valence-corrected chi connectivity index (χ0v) is 21.4. The van der Waals surface area contributed by atoms with Crippen molar-refractivity contribution in [2.75, 3.05) is 17.7 Å². The molecule has 0 spiro atoms. The van der Waals surface area contributed by atoms with E-state index < -0.39 is 0 Å². The van der Waals surface area contributed by atoms with E-state index in [1.54, 1.807) is 36.0 Å². The number of ether oxygens (including phenoxy) is 1. The second-order valence-electron chi connectivity index (χ2n) is 7.72. The number of hydrogen-bond donors (Lipinski definition) is 1. The average molecular weight is 519 g/mol. The highest BCUT2D eigenvalue weighted by Crippen LogP contribution is 2.27. The van der Waals surface area contributed by atoms with E-state index in [1.807, 2.05) is 60.0 Å². The van der Waals surface area contributed by atoms with Crippen molar-refractivity contribution in [2.45, 2.75) is 29.1 Å². The van der Waals surface area contributed by atoms with Gasteiger partial charge in [-0.2, -0.15) is 0 Å². The molecule has 1 amide bonds. The predicted octanol–water partition coefficient (Wildman–Crippen LogP) is 5.86. The van der Waals surface area contributed by atoms with E-state index in [-0.39, 0.29) is 17.6 Å². The summed E-state index contributed by atoms with van der Waals surface area (Å²) in [4.78, 5) is 25.7. The zero-order chi connectivity index (χ0) is 25.2. The predicted molar refractivity (Wildman–Crippen MR) is 144 cm³/mol. The van der Waals surface area contributed by atoms with Gasteiger partial charge in [0.1, 0.15) is 5.82 Å². The summed E-state index contributed by atoms with van der Waals surface area (Å²) in [5, 5.41) is 12.3. The minimum atomic E-state index is -0.369. The fraction of sp³-hybridized carbons (Fsp3) is 0.185. The van der Waals surface area contributed by atoms with Crippen LogP contribution in [0.25, 0.3) is 5.69 Å². The van der Waals surface area contributed by atoms with Crippen LogP contribution in [0.2, 0.25) is 0 Å². The van der Waals surface area contributed by atoms with Crippen LogP contribution in [-0.2, 0) is 15.3 Å². The fourth-order valence-corrected chi connectivity index (χ4v) is 4.89. The molecule has 4 rings (SSSR count). The van der Waals surface area contributed by atoms with Crippen molar-refractivity contribution in [3.63, 3.8) is 0 Å². The number of carbonyl (C=O) groups excluding carboxylic acids is 2. The summed E-state index contributed by atoms with van der Waals surface area (Å²) in [6.45, 7) is 2.32. The Kier molecular flexibility index (Phi) is 9.18. The molecular formula is C27H26N4O3S2. The van der Waals surface area contributed by atoms with Crippen molar-refractivity contribution in [3.8, 4) is 5.69 Å². The topological polar surface area (TPSA) is 86.1 Å². The number of benzene rings is 3. The van der Waals surface area contributed by atoms with Gasteiger partial charge in [0.05, 0.1) is 23.7 Å². The number of hydrogen-bond acceptors (Lipinski definition) is 7. The highest BCUT2D eigenvalue weighted by atomic mass is 32.2. The first-order chi connectivity index (χ1) is 17.6. The molecular weight excluding hydrogens is 492 g/mol. The number of nitrogens with zero attached hydrogens (tertiary/aromatic N) is 3. The zero-order valence-electron chi connectivity index (χ0n) is 19.8. The van der Waals surface area contributed by atoms with Crippen LogP contribution < -0.4 is 5.32 Å². The van der Waals surface area contributed by atoms with Gasteiger partial charge in [-0.3, -0.25) is 9.36 Å². The summed E-state index contributed by atoms with van der Waals surface area (Å²) in [5.41, 5.74) is 2.00. The standard InChI is InChI=1S/C27H26N4O3S2/c1-2-17-34-26(33)20-13-15-21(16-14-20)28-25(32)19-36-27-30-29-24(18-35-23-11-7-4-8-12-23)31(27)22-9-5-3-6-10-22/h3-16H,2,17-19H2,1H3,(H,28,32). The minimum Gasteiger partial charge on any atom is -0.462 e. The average Bonchev–Trinajstić information content (AvgIpc) is 3.33. The van der Waals surface area contributed by atoms with Gasteiger partial charge in [0.15, 0.2) is 5.16 Å². The fourth-order valence-electron chi connectivity index (χ4n) is 3.28. The quantitative estimate of drug-likeness (QED) is 0.197. The molecule has 36 heavy (non-hydrogen) atoms. The van der Waals surface area contributed by atoms with E-state index in [2.05, 4.69) is 27.6 Å². The number of thioether (sulfide) groups is 2. The number of esters is 1. The van der Waals surface area contributed by atoms with Gasteiger partial charge < -0.3 is 10.1 Å². The van der Waals surface area contributed by atoms with Crippen molar-refractivity contribution in [3.05, 3.63) is 96.3 Å². The maximum atomic E-state index is 12.6. The molecule has 0 saturated heterocycles. The number of rotatable bonds is 11. The number of carbonyl (C=O) groups is 2. The van der Waals surface area contributed by atoms with Crippen molar-refractivity contribution >= 4 is 41.1 Å². The first-order valence-corrected chi connectivity index (χ1v) is 13.5. The largest absolute Gasteiger partial charge is 0.462 e. The molecule has 1 heterocycles. The Morgan fingerprint density at radius 1 is 0.889 bits per heavy atom. The number of para-hydroxylation sites is 1. The van der Waals surface area contributed by atoms with E-state index >= 15 is 0 Å². The number of amides is 1. The molecule has 0 atom stereocenters. The third kappa shape index (κ3) is 6.99. The van der Waals surface area contributed by atoms with Gasteiger partial charge in [-0.25, -0.2) is 4.79 Å². The second-order valence-corrected chi connectivity index (χ2v) is 9.71. The highest BCUT2D eigenvalue weighted by molar-refractivity contribution is 7.99. The highest BCUT2D eigenvalue weighted by Gasteiger charge is 2.16. The van der Waals surface area contributed by atoms with Gasteiger partial charge in [0.2, 0.25) is 5.91 Å². The number of nitrogens with one attached hydrogen (secondary N) is 1. The summed E-state index contributed by atoms with van der Waals surface area (Å²) in [7, 11) is 0. The molecule has 1 aromatic heterocycles.